The summed E-state index contributed by atoms with van der Waals surface area (Å²) in [5.41, 5.74) is 0. The van der Waals surface area contributed by atoms with Crippen molar-refractivity contribution in [1.82, 2.24) is 0 Å². The molecule has 10 heavy (non-hydrogen) atoms. The Labute approximate surface area is 66.2 Å². The molecule has 0 aliphatic rings. The van der Waals surface area contributed by atoms with Crippen LogP contribution in [0.1, 0.15) is 32.6 Å². The third-order valence-corrected chi connectivity index (χ3v) is 1.44. The zero-order valence-corrected chi connectivity index (χ0v) is 7.12. The number of hydrogen-bond donors (Lipinski definition) is 0. The van der Waals surface area contributed by atoms with Crippen molar-refractivity contribution >= 4 is 16.3 Å². The molecule has 0 aromatic heterocycles. The molecule has 0 rings (SSSR count). The van der Waals surface area contributed by atoms with E-state index in [1.54, 1.807) is 6.08 Å². The van der Waals surface area contributed by atoms with Crippen LogP contribution in [-0.4, -0.2) is 9.23 Å². The lowest BCUT2D eigenvalue weighted by atomic mass is 10.2. The molecule has 1 radical (unpaired) electrons. The van der Waals surface area contributed by atoms with E-state index < -0.39 is 0 Å². The van der Waals surface area contributed by atoms with Gasteiger partial charge in [-0.3, -0.25) is 0 Å². The summed E-state index contributed by atoms with van der Waals surface area (Å²) in [5, 5.41) is 2.51. The molecule has 0 amide bonds. The third kappa shape index (κ3) is 7.67. The van der Waals surface area contributed by atoms with Crippen LogP contribution in [0.15, 0.2) is 6.08 Å². The zero-order chi connectivity index (χ0) is 7.66. The highest BCUT2D eigenvalue weighted by Crippen LogP contribution is 2.00. The molecule has 1 nitrogen and oxygen atoms in total. The van der Waals surface area contributed by atoms with E-state index in [2.05, 4.69) is 11.9 Å². The Hall–Kier alpha value is -0.330. The Balaban J connectivity index is 3.05. The van der Waals surface area contributed by atoms with E-state index in [0.717, 1.165) is 6.42 Å². The maximum absolute atomic E-state index is 9.77. The number of allylic oxidation sites excluding steroid dienone is 1. The Morgan fingerprint density at radius 2 is 2.30 bits per heavy atom. The van der Waals surface area contributed by atoms with Gasteiger partial charge in [-0.15, -0.1) is 0 Å². The zero-order valence-electron chi connectivity index (χ0n) is 6.30. The van der Waals surface area contributed by atoms with Gasteiger partial charge in [0, 0.05) is 0 Å². The molecule has 0 aromatic carbocycles. The monoisotopic (exact) mass is 157 g/mol. The average Bonchev–Trinajstić information content (AvgIpc) is 1.97. The largest absolute Gasteiger partial charge is 0.203 e. The van der Waals surface area contributed by atoms with Gasteiger partial charge >= 0.3 is 0 Å². The highest BCUT2D eigenvalue weighted by molar-refractivity contribution is 7.64. The standard InChI is InChI=1S/C8H13OS/c1-2-3-4-5-6-7-8-10-9/h6-7H,2-5H2,1H3. The van der Waals surface area contributed by atoms with Gasteiger partial charge in [0.1, 0.15) is 11.3 Å². The molecule has 0 fully saturated rings. The Kier molecular flexibility index (Phi) is 8.38. The van der Waals surface area contributed by atoms with E-state index in [0.29, 0.717) is 11.3 Å². The first kappa shape index (κ1) is 9.67. The summed E-state index contributed by atoms with van der Waals surface area (Å²) in [6.45, 7) is 2.18. The smallest absolute Gasteiger partial charge is 0.141 e. The van der Waals surface area contributed by atoms with Crippen molar-refractivity contribution in [3.8, 4) is 0 Å². The van der Waals surface area contributed by atoms with E-state index in [9.17, 15) is 4.21 Å². The molecule has 0 heterocycles. The van der Waals surface area contributed by atoms with Crippen LogP contribution in [0.25, 0.3) is 0 Å². The maximum atomic E-state index is 9.77. The van der Waals surface area contributed by atoms with Crippen molar-refractivity contribution in [2.45, 2.75) is 32.6 Å². The van der Waals surface area contributed by atoms with E-state index in [1.165, 1.54) is 19.3 Å². The van der Waals surface area contributed by atoms with E-state index in [1.807, 2.05) is 6.42 Å². The van der Waals surface area contributed by atoms with E-state index in [4.69, 9.17) is 0 Å². The van der Waals surface area contributed by atoms with Crippen molar-refractivity contribution in [3.05, 3.63) is 12.5 Å². The molecule has 0 aliphatic carbocycles. The fourth-order valence-electron chi connectivity index (χ4n) is 0.671. The highest BCUT2D eigenvalue weighted by atomic mass is 32.1. The fourth-order valence-corrected chi connectivity index (χ4v) is 0.823. The molecule has 0 bridgehead atoms. The van der Waals surface area contributed by atoms with Crippen molar-refractivity contribution in [1.29, 1.82) is 0 Å². The molecule has 0 aromatic rings. The molecule has 0 unspecified atom stereocenters. The van der Waals surface area contributed by atoms with Gasteiger partial charge in [0.15, 0.2) is 0 Å². The second-order valence-electron chi connectivity index (χ2n) is 2.10. The topological polar surface area (TPSA) is 17.1 Å². The second kappa shape index (κ2) is 8.67. The van der Waals surface area contributed by atoms with Crippen LogP contribution in [-0.2, 0) is 11.3 Å². The van der Waals surface area contributed by atoms with Crippen LogP contribution >= 0.6 is 0 Å². The first-order valence-corrected chi connectivity index (χ1v) is 4.35. The van der Waals surface area contributed by atoms with Crippen LogP contribution in [0.2, 0.25) is 0 Å². The fraction of sp³-hybridized carbons (Fsp3) is 0.625. The van der Waals surface area contributed by atoms with Crippen molar-refractivity contribution in [3.63, 3.8) is 0 Å². The number of rotatable bonds is 5. The normalized spacial score (nSPS) is 8.50. The summed E-state index contributed by atoms with van der Waals surface area (Å²) in [6.07, 6.45) is 8.50. The molecule has 0 aliphatic heterocycles. The lowest BCUT2D eigenvalue weighted by molar-refractivity contribution is 0.701. The third-order valence-electron chi connectivity index (χ3n) is 1.21. The molecule has 2 heteroatoms. The molecule has 0 spiro atoms. The molecule has 0 N–H and O–H groups in total. The van der Waals surface area contributed by atoms with Gasteiger partial charge in [0.25, 0.3) is 0 Å². The molecule has 57 valence electrons. The van der Waals surface area contributed by atoms with Crippen molar-refractivity contribution < 1.29 is 4.21 Å². The Bertz CT molecular complexity index is 141. The van der Waals surface area contributed by atoms with Crippen LogP contribution in [0.3, 0.4) is 0 Å². The molecular weight excluding hydrogens is 144 g/mol. The lowest BCUT2D eigenvalue weighted by Gasteiger charge is -1.91. The SMILES string of the molecule is CCCCC[CH]C=C=S=O. The minimum absolute atomic E-state index is 0.379. The quantitative estimate of drug-likeness (QED) is 0.440. The second-order valence-corrected chi connectivity index (χ2v) is 2.50. The van der Waals surface area contributed by atoms with Crippen molar-refractivity contribution in [2.24, 2.45) is 0 Å². The maximum Gasteiger partial charge on any atom is 0.141 e. The van der Waals surface area contributed by atoms with Crippen LogP contribution in [0.4, 0.5) is 0 Å². The first-order chi connectivity index (χ1) is 4.91. The van der Waals surface area contributed by atoms with Gasteiger partial charge in [-0.05, 0) is 23.9 Å². The molecule has 0 saturated carbocycles. The van der Waals surface area contributed by atoms with Gasteiger partial charge in [-0.25, -0.2) is 4.21 Å². The van der Waals surface area contributed by atoms with Crippen molar-refractivity contribution in [2.75, 3.05) is 0 Å². The summed E-state index contributed by atoms with van der Waals surface area (Å²) in [5.74, 6) is 0. The summed E-state index contributed by atoms with van der Waals surface area (Å²) >= 11 is 0.379. The van der Waals surface area contributed by atoms with Gasteiger partial charge < -0.3 is 0 Å². The Morgan fingerprint density at radius 3 is 2.90 bits per heavy atom. The minimum Gasteiger partial charge on any atom is -0.203 e. The minimum atomic E-state index is 0.379. The van der Waals surface area contributed by atoms with Crippen LogP contribution in [0, 0.1) is 6.42 Å². The number of hydrogen-bond acceptors (Lipinski definition) is 1. The van der Waals surface area contributed by atoms with Gasteiger partial charge in [-0.1, -0.05) is 26.2 Å². The summed E-state index contributed by atoms with van der Waals surface area (Å²) in [6, 6.07) is 0. The van der Waals surface area contributed by atoms with E-state index in [-0.39, 0.29) is 0 Å². The summed E-state index contributed by atoms with van der Waals surface area (Å²) in [4.78, 5) is 0. The van der Waals surface area contributed by atoms with Gasteiger partial charge in [0.2, 0.25) is 0 Å². The highest BCUT2D eigenvalue weighted by Gasteiger charge is 1.83. The van der Waals surface area contributed by atoms with Gasteiger partial charge in [0.05, 0.1) is 0 Å². The first-order valence-electron chi connectivity index (χ1n) is 3.61. The number of unbranched alkanes of at least 4 members (excludes halogenated alkanes) is 4. The van der Waals surface area contributed by atoms with Crippen LogP contribution < -0.4 is 0 Å². The average molecular weight is 157 g/mol. The molecule has 0 atom stereocenters. The van der Waals surface area contributed by atoms with Crippen LogP contribution in [0.5, 0.6) is 0 Å². The summed E-state index contributed by atoms with van der Waals surface area (Å²) in [7, 11) is 0. The predicted molar refractivity (Wildman–Crippen MR) is 46.2 cm³/mol. The lowest BCUT2D eigenvalue weighted by Crippen LogP contribution is -1.74. The Morgan fingerprint density at radius 1 is 1.50 bits per heavy atom. The summed E-state index contributed by atoms with van der Waals surface area (Å²) < 4.78 is 9.77. The predicted octanol–water partition coefficient (Wildman–Crippen LogP) is 1.94. The molecular formula is C8H13OS. The van der Waals surface area contributed by atoms with Gasteiger partial charge in [-0.2, -0.15) is 0 Å². The molecule has 0 saturated heterocycles. The van der Waals surface area contributed by atoms with E-state index >= 15 is 0 Å².